The summed E-state index contributed by atoms with van der Waals surface area (Å²) in [5.74, 6) is -1.68. The van der Waals surface area contributed by atoms with Crippen LogP contribution in [0.4, 0.5) is 27.8 Å². The van der Waals surface area contributed by atoms with E-state index < -0.39 is 47.9 Å². The van der Waals surface area contributed by atoms with Crippen molar-refractivity contribution >= 4 is 29.0 Å². The highest BCUT2D eigenvalue weighted by Gasteiger charge is 2.33. The van der Waals surface area contributed by atoms with Crippen LogP contribution >= 0.6 is 11.3 Å². The van der Waals surface area contributed by atoms with Crippen molar-refractivity contribution in [3.63, 3.8) is 0 Å². The minimum absolute atomic E-state index is 0.0438. The van der Waals surface area contributed by atoms with E-state index in [9.17, 15) is 36.6 Å². The SMILES string of the molecule is CC.CC1CCCN1C(=O)c1nc(C(=O)NCC(C)(C)O)sc1-c1cnc(NCC(F)(F)F)cc1C(F)F. The van der Waals surface area contributed by atoms with E-state index >= 15 is 0 Å². The molecule has 3 heterocycles. The molecule has 1 aliphatic rings. The molecule has 3 N–H and O–H groups in total. The molecule has 8 nitrogen and oxygen atoms in total. The van der Waals surface area contributed by atoms with Gasteiger partial charge in [0, 0.05) is 36.5 Å². The zero-order valence-corrected chi connectivity index (χ0v) is 22.6. The minimum atomic E-state index is -4.58. The van der Waals surface area contributed by atoms with Gasteiger partial charge in [0.15, 0.2) is 5.01 Å². The van der Waals surface area contributed by atoms with Crippen LogP contribution in [0.2, 0.25) is 0 Å². The lowest BCUT2D eigenvalue weighted by Crippen LogP contribution is -2.38. The van der Waals surface area contributed by atoms with Gasteiger partial charge in [-0.25, -0.2) is 18.7 Å². The zero-order chi connectivity index (χ0) is 28.8. The van der Waals surface area contributed by atoms with Crippen molar-refractivity contribution in [1.29, 1.82) is 0 Å². The van der Waals surface area contributed by atoms with E-state index in [0.29, 0.717) is 17.9 Å². The molecule has 1 atom stereocenters. The van der Waals surface area contributed by atoms with Crippen LogP contribution in [-0.2, 0) is 0 Å². The number of carbonyl (C=O) groups is 2. The lowest BCUT2D eigenvalue weighted by Gasteiger charge is -2.21. The Labute approximate surface area is 221 Å². The number of hydrogen-bond acceptors (Lipinski definition) is 7. The molecule has 0 aromatic carbocycles. The lowest BCUT2D eigenvalue weighted by molar-refractivity contribution is -0.115. The van der Waals surface area contributed by atoms with E-state index in [1.54, 1.807) is 0 Å². The Morgan fingerprint density at radius 1 is 1.24 bits per heavy atom. The monoisotopic (exact) mass is 565 g/mol. The van der Waals surface area contributed by atoms with Gasteiger partial charge in [-0.3, -0.25) is 9.59 Å². The number of nitrogens with zero attached hydrogens (tertiary/aromatic N) is 3. The van der Waals surface area contributed by atoms with Gasteiger partial charge >= 0.3 is 6.18 Å². The summed E-state index contributed by atoms with van der Waals surface area (Å²) < 4.78 is 65.6. The highest BCUT2D eigenvalue weighted by Crippen LogP contribution is 2.39. The van der Waals surface area contributed by atoms with Gasteiger partial charge in [-0.05, 0) is 39.7 Å². The van der Waals surface area contributed by atoms with Gasteiger partial charge in [0.05, 0.1) is 10.5 Å². The molecular weight excluding hydrogens is 533 g/mol. The maximum absolute atomic E-state index is 14.0. The van der Waals surface area contributed by atoms with Crippen molar-refractivity contribution in [2.24, 2.45) is 0 Å². The topological polar surface area (TPSA) is 107 Å². The molecule has 38 heavy (non-hydrogen) atoms. The van der Waals surface area contributed by atoms with Crippen LogP contribution in [0, 0.1) is 0 Å². The van der Waals surface area contributed by atoms with E-state index in [2.05, 4.69) is 15.3 Å². The summed E-state index contributed by atoms with van der Waals surface area (Å²) in [6.45, 7) is 7.61. The molecule has 212 valence electrons. The van der Waals surface area contributed by atoms with Crippen molar-refractivity contribution < 1.29 is 36.6 Å². The normalized spacial score (nSPS) is 15.8. The zero-order valence-electron chi connectivity index (χ0n) is 21.7. The third kappa shape index (κ3) is 8.32. The average Bonchev–Trinajstić information content (AvgIpc) is 3.47. The molecule has 0 radical (unpaired) electrons. The summed E-state index contributed by atoms with van der Waals surface area (Å²) in [5.41, 5.74) is -2.32. The fourth-order valence-electron chi connectivity index (χ4n) is 3.62. The Kier molecular flexibility index (Phi) is 10.5. The molecule has 3 rings (SSSR count). The van der Waals surface area contributed by atoms with Gasteiger partial charge in [0.25, 0.3) is 18.2 Å². The quantitative estimate of drug-likeness (QED) is 0.377. The van der Waals surface area contributed by atoms with Crippen LogP contribution < -0.4 is 10.6 Å². The first-order valence-electron chi connectivity index (χ1n) is 12.1. The Balaban J connectivity index is 0.00000247. The van der Waals surface area contributed by atoms with Gasteiger partial charge in [-0.2, -0.15) is 13.2 Å². The first-order chi connectivity index (χ1) is 17.7. The number of rotatable bonds is 8. The Morgan fingerprint density at radius 3 is 2.42 bits per heavy atom. The number of aromatic nitrogens is 2. The number of pyridine rings is 1. The van der Waals surface area contributed by atoms with E-state index in [4.69, 9.17) is 0 Å². The van der Waals surface area contributed by atoms with Crippen molar-refractivity contribution in [3.8, 4) is 10.4 Å². The summed E-state index contributed by atoms with van der Waals surface area (Å²) in [4.78, 5) is 35.4. The molecule has 0 bridgehead atoms. The predicted octanol–water partition coefficient (Wildman–Crippen LogP) is 5.27. The lowest BCUT2D eigenvalue weighted by atomic mass is 10.1. The van der Waals surface area contributed by atoms with Gasteiger partial charge < -0.3 is 20.6 Å². The van der Waals surface area contributed by atoms with Gasteiger partial charge in [-0.1, -0.05) is 13.8 Å². The summed E-state index contributed by atoms with van der Waals surface area (Å²) in [7, 11) is 0. The highest BCUT2D eigenvalue weighted by atomic mass is 32.1. The van der Waals surface area contributed by atoms with Crippen LogP contribution in [-0.4, -0.2) is 69.2 Å². The molecule has 14 heteroatoms. The maximum Gasteiger partial charge on any atom is 0.405 e. The number of alkyl halides is 5. The molecule has 1 aliphatic heterocycles. The molecule has 0 aliphatic carbocycles. The van der Waals surface area contributed by atoms with Crippen LogP contribution in [0.1, 0.15) is 79.7 Å². The number of thiazole rings is 1. The molecule has 2 aromatic heterocycles. The molecule has 2 amide bonds. The van der Waals surface area contributed by atoms with E-state index in [1.807, 2.05) is 26.1 Å². The maximum atomic E-state index is 14.0. The Morgan fingerprint density at radius 2 is 1.89 bits per heavy atom. The summed E-state index contributed by atoms with van der Waals surface area (Å²) >= 11 is 0.689. The molecule has 1 unspecified atom stereocenters. The number of aliphatic hydroxyl groups is 1. The highest BCUT2D eigenvalue weighted by molar-refractivity contribution is 7.17. The second-order valence-electron chi connectivity index (χ2n) is 9.11. The largest absolute Gasteiger partial charge is 0.405 e. The number of amides is 2. The molecule has 1 saturated heterocycles. The third-order valence-electron chi connectivity index (χ3n) is 5.41. The van der Waals surface area contributed by atoms with Gasteiger partial charge in [-0.15, -0.1) is 11.3 Å². The smallest absolute Gasteiger partial charge is 0.389 e. The number of halogens is 5. The van der Waals surface area contributed by atoms with Crippen LogP contribution in [0.15, 0.2) is 12.3 Å². The molecule has 1 fully saturated rings. The molecule has 2 aromatic rings. The molecular formula is C24H32F5N5O3S. The van der Waals surface area contributed by atoms with E-state index in [1.165, 1.54) is 18.7 Å². The summed E-state index contributed by atoms with van der Waals surface area (Å²) in [6, 6.07) is 0.660. The number of anilines is 1. The fourth-order valence-corrected chi connectivity index (χ4v) is 4.62. The minimum Gasteiger partial charge on any atom is -0.389 e. The summed E-state index contributed by atoms with van der Waals surface area (Å²) in [5, 5.41) is 14.1. The predicted molar refractivity (Wildman–Crippen MR) is 135 cm³/mol. The van der Waals surface area contributed by atoms with Gasteiger partial charge in [0.2, 0.25) is 0 Å². The average molecular weight is 566 g/mol. The first-order valence-corrected chi connectivity index (χ1v) is 12.9. The van der Waals surface area contributed by atoms with E-state index in [-0.39, 0.29) is 33.7 Å². The molecule has 0 saturated carbocycles. The number of hydrogen-bond donors (Lipinski definition) is 3. The Bertz CT molecular complexity index is 1120. The van der Waals surface area contributed by atoms with Gasteiger partial charge in [0.1, 0.15) is 18.1 Å². The first kappa shape index (κ1) is 31.3. The van der Waals surface area contributed by atoms with Crippen LogP contribution in [0.5, 0.6) is 0 Å². The van der Waals surface area contributed by atoms with E-state index in [0.717, 1.165) is 25.1 Å². The standard InChI is InChI=1S/C22H26F5N5O3S.C2H6/c1-11-5-4-6-32(11)20(34)15-16(36-19(31-15)18(33)30-9-21(2,3)35)13-8-28-14(7-12(13)17(23)24)29-10-22(25,26)27;1-2/h7-8,11,17,35H,4-6,9-10H2,1-3H3,(H,28,29)(H,30,33);1-2H3. The second-order valence-corrected chi connectivity index (χ2v) is 10.1. The molecule has 0 spiro atoms. The second kappa shape index (κ2) is 12.8. The Hall–Kier alpha value is -2.87. The number of carbonyl (C=O) groups excluding carboxylic acids is 2. The van der Waals surface area contributed by atoms with Crippen LogP contribution in [0.3, 0.4) is 0 Å². The van der Waals surface area contributed by atoms with Crippen molar-refractivity contribution in [2.75, 3.05) is 25.0 Å². The summed E-state index contributed by atoms with van der Waals surface area (Å²) in [6.07, 6.45) is -5.27. The fraction of sp³-hybridized carbons (Fsp3) is 0.583. The van der Waals surface area contributed by atoms with Crippen molar-refractivity contribution in [1.82, 2.24) is 20.2 Å². The number of likely N-dealkylation sites (tertiary alicyclic amines) is 1. The van der Waals surface area contributed by atoms with Crippen LogP contribution in [0.25, 0.3) is 10.4 Å². The third-order valence-corrected chi connectivity index (χ3v) is 6.49. The number of nitrogens with one attached hydrogen (secondary N) is 2. The van der Waals surface area contributed by atoms with Crippen molar-refractivity contribution in [2.45, 2.75) is 71.7 Å². The van der Waals surface area contributed by atoms with Crippen molar-refractivity contribution in [3.05, 3.63) is 28.5 Å².